The third-order valence-electron chi connectivity index (χ3n) is 5.90. The maximum absolute atomic E-state index is 13.3. The summed E-state index contributed by atoms with van der Waals surface area (Å²) in [5.41, 5.74) is 6.01. The molecule has 0 spiro atoms. The Bertz CT molecular complexity index is 1290. The number of fused-ring (bicyclic) bond motifs is 3. The predicted molar refractivity (Wildman–Crippen MR) is 112 cm³/mol. The van der Waals surface area contributed by atoms with Crippen molar-refractivity contribution in [2.45, 2.75) is 19.4 Å². The number of hydrogen-bond acceptors (Lipinski definition) is 7. The van der Waals surface area contributed by atoms with Crippen LogP contribution in [0.4, 0.5) is 0 Å². The van der Waals surface area contributed by atoms with E-state index in [1.54, 1.807) is 36.1 Å². The van der Waals surface area contributed by atoms with Crippen LogP contribution in [0.2, 0.25) is 0 Å². The lowest BCUT2D eigenvalue weighted by molar-refractivity contribution is 0.0795. The van der Waals surface area contributed by atoms with E-state index in [2.05, 4.69) is 0 Å². The zero-order valence-electron chi connectivity index (χ0n) is 16.1. The molecule has 1 amide bonds. The third kappa shape index (κ3) is 2.37. The van der Waals surface area contributed by atoms with Crippen molar-refractivity contribution in [3.63, 3.8) is 0 Å². The van der Waals surface area contributed by atoms with Crippen LogP contribution in [0.3, 0.4) is 0 Å². The van der Waals surface area contributed by atoms with Crippen LogP contribution in [0.15, 0.2) is 24.3 Å². The number of likely N-dealkylation sites (tertiary alicyclic amines) is 1. The summed E-state index contributed by atoms with van der Waals surface area (Å²) in [6, 6.07) is 6.40. The number of carbonyl (C=O) groups excluding carboxylic acids is 3. The molecule has 5 rings (SSSR count). The summed E-state index contributed by atoms with van der Waals surface area (Å²) in [5, 5.41) is 22.1. The number of carbonyl (C=O) groups is 3. The van der Waals surface area contributed by atoms with Gasteiger partial charge in [-0.3, -0.25) is 14.4 Å². The van der Waals surface area contributed by atoms with Crippen molar-refractivity contribution in [2.24, 2.45) is 5.73 Å². The Hall–Kier alpha value is -3.23. The Labute approximate surface area is 175 Å². The summed E-state index contributed by atoms with van der Waals surface area (Å²) in [7, 11) is 0. The van der Waals surface area contributed by atoms with Crippen LogP contribution in [-0.4, -0.2) is 51.7 Å². The molecule has 0 saturated carbocycles. The van der Waals surface area contributed by atoms with Crippen molar-refractivity contribution >= 4 is 39.6 Å². The molecule has 1 aliphatic carbocycles. The van der Waals surface area contributed by atoms with Crippen LogP contribution >= 0.6 is 11.3 Å². The van der Waals surface area contributed by atoms with Crippen molar-refractivity contribution < 1.29 is 24.6 Å². The quantitative estimate of drug-likeness (QED) is 0.406. The number of thiophene rings is 1. The van der Waals surface area contributed by atoms with Crippen LogP contribution in [0.1, 0.15) is 52.8 Å². The molecule has 1 aromatic heterocycles. The van der Waals surface area contributed by atoms with Gasteiger partial charge in [-0.15, -0.1) is 11.3 Å². The summed E-state index contributed by atoms with van der Waals surface area (Å²) in [5.74, 6) is -2.08. The number of hydrogen-bond donors (Lipinski definition) is 3. The maximum atomic E-state index is 13.3. The van der Waals surface area contributed by atoms with E-state index in [1.807, 2.05) is 0 Å². The molecule has 2 heterocycles. The number of rotatable bonds is 1. The molecule has 0 unspecified atom stereocenters. The molecule has 7 nitrogen and oxygen atoms in total. The second-order valence-corrected chi connectivity index (χ2v) is 8.73. The largest absolute Gasteiger partial charge is 0.506 e. The van der Waals surface area contributed by atoms with Gasteiger partial charge in [-0.05, 0) is 18.9 Å². The molecule has 1 fully saturated rings. The molecule has 3 aromatic rings. The standard InChI is InChI=1S/C22H18N2O5S/c1-9-13-18(27)14-15(17(26)12-5-3-2-4-11(12)16(14)25)19(28)21(13)30-20(9)22(29)24-7-6-10(23)8-24/h2-5,10,25-26H,6-8,23H2,1H3/t10-/m1/s1. The molecule has 0 bridgehead atoms. The number of benzene rings is 2. The fourth-order valence-electron chi connectivity index (χ4n) is 4.35. The summed E-state index contributed by atoms with van der Waals surface area (Å²) in [6.07, 6.45) is 0.702. The van der Waals surface area contributed by atoms with Gasteiger partial charge < -0.3 is 20.8 Å². The average molecular weight is 422 g/mol. The fourth-order valence-corrected chi connectivity index (χ4v) is 5.57. The van der Waals surface area contributed by atoms with Crippen LogP contribution < -0.4 is 5.73 Å². The van der Waals surface area contributed by atoms with E-state index in [1.165, 1.54) is 0 Å². The SMILES string of the molecule is Cc1c(C(=O)N2CC[C@@H](N)C2)sc2c1C(=O)c1c(c(O)c3ccccc3c1O)C2=O. The summed E-state index contributed by atoms with van der Waals surface area (Å²) < 4.78 is 0. The van der Waals surface area contributed by atoms with E-state index in [0.29, 0.717) is 30.0 Å². The molecule has 0 radical (unpaired) electrons. The van der Waals surface area contributed by atoms with Gasteiger partial charge in [0.2, 0.25) is 5.78 Å². The minimum absolute atomic E-state index is 0.0855. The van der Waals surface area contributed by atoms with Crippen molar-refractivity contribution in [1.29, 1.82) is 0 Å². The van der Waals surface area contributed by atoms with Crippen LogP contribution in [-0.2, 0) is 0 Å². The first kappa shape index (κ1) is 18.8. The predicted octanol–water partition coefficient (Wildman–Crippen LogP) is 2.57. The van der Waals surface area contributed by atoms with Crippen LogP contribution in [0.5, 0.6) is 11.5 Å². The van der Waals surface area contributed by atoms with E-state index in [0.717, 1.165) is 11.3 Å². The highest BCUT2D eigenvalue weighted by Crippen LogP contribution is 2.46. The molecule has 152 valence electrons. The average Bonchev–Trinajstić information content (AvgIpc) is 3.32. The molecule has 2 aliphatic rings. The lowest BCUT2D eigenvalue weighted by Gasteiger charge is -2.19. The van der Waals surface area contributed by atoms with Crippen LogP contribution in [0, 0.1) is 6.92 Å². The monoisotopic (exact) mass is 422 g/mol. The van der Waals surface area contributed by atoms with Crippen molar-refractivity contribution in [3.05, 3.63) is 56.3 Å². The summed E-state index contributed by atoms with van der Waals surface area (Å²) in [4.78, 5) is 41.7. The Balaban J connectivity index is 1.71. The normalized spacial score (nSPS) is 18.1. The van der Waals surface area contributed by atoms with Crippen molar-refractivity contribution in [2.75, 3.05) is 13.1 Å². The second kappa shape index (κ2) is 6.38. The Morgan fingerprint density at radius 1 is 1.07 bits per heavy atom. The number of phenolic OH excluding ortho intramolecular Hbond substituents is 2. The van der Waals surface area contributed by atoms with E-state index in [9.17, 15) is 24.6 Å². The van der Waals surface area contributed by atoms with Gasteiger partial charge in [-0.1, -0.05) is 24.3 Å². The van der Waals surface area contributed by atoms with Gasteiger partial charge in [0.05, 0.1) is 20.9 Å². The van der Waals surface area contributed by atoms with E-state index >= 15 is 0 Å². The molecular weight excluding hydrogens is 404 g/mol. The van der Waals surface area contributed by atoms with E-state index in [4.69, 9.17) is 5.73 Å². The fraction of sp³-hybridized carbons (Fsp3) is 0.227. The number of nitrogens with zero attached hydrogens (tertiary/aromatic N) is 1. The first-order valence-corrected chi connectivity index (χ1v) is 10.4. The number of nitrogens with two attached hydrogens (primary N) is 1. The number of phenols is 2. The lowest BCUT2D eigenvalue weighted by Crippen LogP contribution is -2.31. The molecule has 30 heavy (non-hydrogen) atoms. The van der Waals surface area contributed by atoms with E-state index in [-0.39, 0.29) is 55.8 Å². The topological polar surface area (TPSA) is 121 Å². The number of amides is 1. The molecule has 1 aliphatic heterocycles. The first-order chi connectivity index (χ1) is 14.3. The number of ketones is 2. The first-order valence-electron chi connectivity index (χ1n) is 9.55. The van der Waals surface area contributed by atoms with E-state index < -0.39 is 11.6 Å². The van der Waals surface area contributed by atoms with Gasteiger partial charge in [0.1, 0.15) is 11.5 Å². The zero-order chi connectivity index (χ0) is 21.3. The second-order valence-electron chi connectivity index (χ2n) is 7.71. The Morgan fingerprint density at radius 3 is 2.23 bits per heavy atom. The van der Waals surface area contributed by atoms with Crippen LogP contribution in [0.25, 0.3) is 10.8 Å². The number of aromatic hydroxyl groups is 2. The van der Waals surface area contributed by atoms with Gasteiger partial charge in [0, 0.05) is 35.5 Å². The molecule has 2 aromatic carbocycles. The highest BCUT2D eigenvalue weighted by atomic mass is 32.1. The molecular formula is C22H18N2O5S. The minimum Gasteiger partial charge on any atom is -0.506 e. The zero-order valence-corrected chi connectivity index (χ0v) is 16.9. The summed E-state index contributed by atoms with van der Waals surface area (Å²) >= 11 is 0.958. The molecule has 1 saturated heterocycles. The van der Waals surface area contributed by atoms with Gasteiger partial charge in [0.15, 0.2) is 5.78 Å². The maximum Gasteiger partial charge on any atom is 0.264 e. The van der Waals surface area contributed by atoms with Crippen molar-refractivity contribution in [3.8, 4) is 11.5 Å². The highest BCUT2D eigenvalue weighted by molar-refractivity contribution is 7.17. The molecule has 1 atom stereocenters. The van der Waals surface area contributed by atoms with Gasteiger partial charge in [-0.2, -0.15) is 0 Å². The minimum atomic E-state index is -0.566. The van der Waals surface area contributed by atoms with Gasteiger partial charge in [0.25, 0.3) is 5.91 Å². The Kier molecular flexibility index (Phi) is 4.00. The van der Waals surface area contributed by atoms with Gasteiger partial charge >= 0.3 is 0 Å². The van der Waals surface area contributed by atoms with Gasteiger partial charge in [-0.25, -0.2) is 0 Å². The highest BCUT2D eigenvalue weighted by Gasteiger charge is 2.41. The van der Waals surface area contributed by atoms with Crippen molar-refractivity contribution in [1.82, 2.24) is 4.90 Å². The lowest BCUT2D eigenvalue weighted by atomic mass is 9.83. The Morgan fingerprint density at radius 2 is 1.67 bits per heavy atom. The third-order valence-corrected chi connectivity index (χ3v) is 7.18. The smallest absolute Gasteiger partial charge is 0.264 e. The molecule has 8 heteroatoms. The molecule has 4 N–H and O–H groups in total. The summed E-state index contributed by atoms with van der Waals surface area (Å²) in [6.45, 7) is 2.58.